The molecular weight excluding hydrogens is 324 g/mol. The minimum atomic E-state index is -0.101. The van der Waals surface area contributed by atoms with Crippen LogP contribution in [0.15, 0.2) is 12.1 Å². The number of benzene rings is 1. The molecule has 1 aromatic rings. The van der Waals surface area contributed by atoms with Gasteiger partial charge in [0.15, 0.2) is 11.5 Å². The van der Waals surface area contributed by atoms with Crippen molar-refractivity contribution in [3.63, 3.8) is 0 Å². The molecule has 0 atom stereocenters. The van der Waals surface area contributed by atoms with Crippen molar-refractivity contribution in [3.05, 3.63) is 17.7 Å². The predicted molar refractivity (Wildman–Crippen MR) is 93.5 cm³/mol. The molecule has 0 aromatic heterocycles. The highest BCUT2D eigenvalue weighted by molar-refractivity contribution is 5.95. The van der Waals surface area contributed by atoms with Crippen LogP contribution in [0.2, 0.25) is 0 Å². The van der Waals surface area contributed by atoms with Gasteiger partial charge in [0, 0.05) is 31.7 Å². The lowest BCUT2D eigenvalue weighted by atomic mass is 10.1. The zero-order valence-electron chi connectivity index (χ0n) is 15.1. The molecule has 1 fully saturated rings. The molecule has 0 aliphatic carbocycles. The SMILES string of the molecule is CCOc1cc(C(=O)N2CCN(C=O)CC2)cc(OCC)c1OCC. The van der Waals surface area contributed by atoms with Crippen molar-refractivity contribution in [1.82, 2.24) is 9.80 Å². The van der Waals surface area contributed by atoms with Crippen LogP contribution in [0.3, 0.4) is 0 Å². The number of hydrogen-bond acceptors (Lipinski definition) is 5. The Morgan fingerprint density at radius 2 is 1.48 bits per heavy atom. The molecule has 25 heavy (non-hydrogen) atoms. The fraction of sp³-hybridized carbons (Fsp3) is 0.556. The van der Waals surface area contributed by atoms with Crippen LogP contribution in [0.5, 0.6) is 17.2 Å². The molecule has 138 valence electrons. The molecule has 2 amide bonds. The van der Waals surface area contributed by atoms with Crippen LogP contribution in [0.25, 0.3) is 0 Å². The van der Waals surface area contributed by atoms with E-state index >= 15 is 0 Å². The molecule has 1 aromatic carbocycles. The van der Waals surface area contributed by atoms with Gasteiger partial charge >= 0.3 is 0 Å². The van der Waals surface area contributed by atoms with Gasteiger partial charge in [-0.25, -0.2) is 0 Å². The molecule has 0 radical (unpaired) electrons. The lowest BCUT2D eigenvalue weighted by Crippen LogP contribution is -2.48. The molecule has 1 aliphatic heterocycles. The van der Waals surface area contributed by atoms with Gasteiger partial charge in [-0.3, -0.25) is 9.59 Å². The number of nitrogens with zero attached hydrogens (tertiary/aromatic N) is 2. The van der Waals surface area contributed by atoms with Crippen LogP contribution in [0, 0.1) is 0 Å². The standard InChI is InChI=1S/C18H26N2O5/c1-4-23-15-11-14(12-16(24-5-2)17(15)25-6-3)18(22)20-9-7-19(13-21)8-10-20/h11-13H,4-10H2,1-3H3. The van der Waals surface area contributed by atoms with E-state index in [1.165, 1.54) is 0 Å². The van der Waals surface area contributed by atoms with Crippen LogP contribution < -0.4 is 14.2 Å². The van der Waals surface area contributed by atoms with E-state index < -0.39 is 0 Å². The summed E-state index contributed by atoms with van der Waals surface area (Å²) < 4.78 is 17.0. The number of amides is 2. The summed E-state index contributed by atoms with van der Waals surface area (Å²) in [5.41, 5.74) is 0.495. The number of hydrogen-bond donors (Lipinski definition) is 0. The van der Waals surface area contributed by atoms with Crippen molar-refractivity contribution in [1.29, 1.82) is 0 Å². The van der Waals surface area contributed by atoms with Crippen LogP contribution in [-0.4, -0.2) is 68.1 Å². The van der Waals surface area contributed by atoms with Gasteiger partial charge in [-0.1, -0.05) is 0 Å². The lowest BCUT2D eigenvalue weighted by molar-refractivity contribution is -0.119. The van der Waals surface area contributed by atoms with Gasteiger partial charge in [0.05, 0.1) is 19.8 Å². The van der Waals surface area contributed by atoms with Crippen LogP contribution in [0.4, 0.5) is 0 Å². The Morgan fingerprint density at radius 3 is 1.92 bits per heavy atom. The number of rotatable bonds is 8. The lowest BCUT2D eigenvalue weighted by Gasteiger charge is -2.32. The Balaban J connectivity index is 2.29. The van der Waals surface area contributed by atoms with Crippen molar-refractivity contribution >= 4 is 12.3 Å². The zero-order chi connectivity index (χ0) is 18.2. The summed E-state index contributed by atoms with van der Waals surface area (Å²) >= 11 is 0. The van der Waals surface area contributed by atoms with E-state index in [4.69, 9.17) is 14.2 Å². The maximum atomic E-state index is 12.8. The minimum Gasteiger partial charge on any atom is -0.490 e. The van der Waals surface area contributed by atoms with Gasteiger partial charge in [-0.15, -0.1) is 0 Å². The smallest absolute Gasteiger partial charge is 0.254 e. The van der Waals surface area contributed by atoms with Crippen molar-refractivity contribution in [2.24, 2.45) is 0 Å². The number of carbonyl (C=O) groups excluding carboxylic acids is 2. The Labute approximate surface area is 148 Å². The number of ether oxygens (including phenoxy) is 3. The first-order valence-electron chi connectivity index (χ1n) is 8.69. The Hall–Kier alpha value is -2.44. The summed E-state index contributed by atoms with van der Waals surface area (Å²) in [6.07, 6.45) is 0.819. The molecule has 1 aliphatic rings. The summed E-state index contributed by atoms with van der Waals surface area (Å²) in [6, 6.07) is 3.40. The predicted octanol–water partition coefficient (Wildman–Crippen LogP) is 1.80. The third-order valence-corrected chi connectivity index (χ3v) is 3.91. The van der Waals surface area contributed by atoms with Gasteiger partial charge in [-0.2, -0.15) is 0 Å². The summed E-state index contributed by atoms with van der Waals surface area (Å²) in [5.74, 6) is 1.43. The second kappa shape index (κ2) is 9.15. The average Bonchev–Trinajstić information content (AvgIpc) is 2.64. The molecular formula is C18H26N2O5. The van der Waals surface area contributed by atoms with Gasteiger partial charge in [0.25, 0.3) is 5.91 Å². The zero-order valence-corrected chi connectivity index (χ0v) is 15.1. The maximum Gasteiger partial charge on any atom is 0.254 e. The van der Waals surface area contributed by atoms with E-state index in [9.17, 15) is 9.59 Å². The molecule has 0 saturated carbocycles. The minimum absolute atomic E-state index is 0.101. The maximum absolute atomic E-state index is 12.8. The van der Waals surface area contributed by atoms with Gasteiger partial charge in [0.1, 0.15) is 0 Å². The van der Waals surface area contributed by atoms with Crippen LogP contribution in [-0.2, 0) is 4.79 Å². The van der Waals surface area contributed by atoms with Crippen molar-refractivity contribution < 1.29 is 23.8 Å². The van der Waals surface area contributed by atoms with Gasteiger partial charge in [0.2, 0.25) is 12.2 Å². The highest BCUT2D eigenvalue weighted by Gasteiger charge is 2.24. The van der Waals surface area contributed by atoms with Gasteiger partial charge in [-0.05, 0) is 32.9 Å². The highest BCUT2D eigenvalue weighted by Crippen LogP contribution is 2.39. The molecule has 1 heterocycles. The van der Waals surface area contributed by atoms with E-state index in [1.54, 1.807) is 21.9 Å². The van der Waals surface area contributed by atoms with E-state index in [1.807, 2.05) is 20.8 Å². The van der Waals surface area contributed by atoms with E-state index in [0.717, 1.165) is 6.41 Å². The first kappa shape index (κ1) is 18.9. The normalized spacial score (nSPS) is 14.2. The van der Waals surface area contributed by atoms with Crippen LogP contribution >= 0.6 is 0 Å². The summed E-state index contributed by atoms with van der Waals surface area (Å²) in [6.45, 7) is 9.15. The van der Waals surface area contributed by atoms with Gasteiger partial charge < -0.3 is 24.0 Å². The largest absolute Gasteiger partial charge is 0.490 e. The first-order chi connectivity index (χ1) is 12.1. The van der Waals surface area contributed by atoms with E-state index in [2.05, 4.69) is 0 Å². The average molecular weight is 350 g/mol. The Kier molecular flexibility index (Phi) is 6.91. The molecule has 7 nitrogen and oxygen atoms in total. The topological polar surface area (TPSA) is 68.3 Å². The fourth-order valence-electron chi connectivity index (χ4n) is 2.73. The van der Waals surface area contributed by atoms with E-state index in [0.29, 0.717) is 68.8 Å². The van der Waals surface area contributed by atoms with Crippen molar-refractivity contribution in [2.45, 2.75) is 20.8 Å². The molecule has 2 rings (SSSR count). The third-order valence-electron chi connectivity index (χ3n) is 3.91. The Morgan fingerprint density at radius 1 is 0.960 bits per heavy atom. The molecule has 7 heteroatoms. The molecule has 0 spiro atoms. The Bertz CT molecular complexity index is 570. The number of carbonyl (C=O) groups is 2. The molecule has 0 bridgehead atoms. The number of piperazine rings is 1. The second-order valence-electron chi connectivity index (χ2n) is 5.53. The monoisotopic (exact) mass is 350 g/mol. The fourth-order valence-corrected chi connectivity index (χ4v) is 2.73. The second-order valence-corrected chi connectivity index (χ2v) is 5.53. The quantitative estimate of drug-likeness (QED) is 0.669. The first-order valence-corrected chi connectivity index (χ1v) is 8.69. The summed E-state index contributed by atoms with van der Waals surface area (Å²) in [4.78, 5) is 27.1. The summed E-state index contributed by atoms with van der Waals surface area (Å²) in [7, 11) is 0. The molecule has 1 saturated heterocycles. The highest BCUT2D eigenvalue weighted by atomic mass is 16.5. The molecule has 0 unspecified atom stereocenters. The third kappa shape index (κ3) is 4.55. The van der Waals surface area contributed by atoms with Crippen molar-refractivity contribution in [3.8, 4) is 17.2 Å². The summed E-state index contributed by atoms with van der Waals surface area (Å²) in [5, 5.41) is 0. The van der Waals surface area contributed by atoms with Crippen LogP contribution in [0.1, 0.15) is 31.1 Å². The van der Waals surface area contributed by atoms with Crippen molar-refractivity contribution in [2.75, 3.05) is 46.0 Å². The molecule has 0 N–H and O–H groups in total. The van der Waals surface area contributed by atoms with E-state index in [-0.39, 0.29) is 5.91 Å².